The van der Waals surface area contributed by atoms with Crippen LogP contribution >= 0.6 is 0 Å². The van der Waals surface area contributed by atoms with Crippen LogP contribution in [0.2, 0.25) is 0 Å². The molecule has 2 aliphatic rings. The normalized spacial score (nSPS) is 30.4. The van der Waals surface area contributed by atoms with Crippen molar-refractivity contribution in [1.29, 1.82) is 0 Å². The minimum Gasteiger partial charge on any atom is -0.444 e. The van der Waals surface area contributed by atoms with Gasteiger partial charge in [0.15, 0.2) is 6.29 Å². The Labute approximate surface area is 185 Å². The molecule has 1 amide bonds. The Bertz CT molecular complexity index is 771. The van der Waals surface area contributed by atoms with Crippen LogP contribution in [-0.2, 0) is 20.6 Å². The van der Waals surface area contributed by atoms with Crippen LogP contribution in [0, 0.1) is 11.7 Å². The summed E-state index contributed by atoms with van der Waals surface area (Å²) < 4.78 is 30.8. The zero-order valence-electron chi connectivity index (χ0n) is 19.3. The van der Waals surface area contributed by atoms with Gasteiger partial charge < -0.3 is 19.5 Å². The zero-order chi connectivity index (χ0) is 22.6. The van der Waals surface area contributed by atoms with Crippen molar-refractivity contribution in [3.8, 4) is 0 Å². The lowest BCUT2D eigenvalue weighted by atomic mass is 9.83. The summed E-state index contributed by atoms with van der Waals surface area (Å²) in [7, 11) is 0. The van der Waals surface area contributed by atoms with Gasteiger partial charge in [-0.15, -0.1) is 0 Å². The largest absolute Gasteiger partial charge is 0.444 e. The lowest BCUT2D eigenvalue weighted by molar-refractivity contribution is -0.0246. The quantitative estimate of drug-likeness (QED) is 0.501. The molecule has 5 nitrogen and oxygen atoms in total. The summed E-state index contributed by atoms with van der Waals surface area (Å²) in [6.07, 6.45) is 5.73. The first-order chi connectivity index (χ1) is 14.7. The molecule has 3 rings (SSSR count). The first-order valence-corrected chi connectivity index (χ1v) is 11.4. The zero-order valence-corrected chi connectivity index (χ0v) is 19.3. The van der Waals surface area contributed by atoms with E-state index >= 15 is 0 Å². The van der Waals surface area contributed by atoms with E-state index in [-0.39, 0.29) is 36.3 Å². The maximum atomic E-state index is 13.3. The predicted molar refractivity (Wildman–Crippen MR) is 118 cm³/mol. The Balaban J connectivity index is 1.71. The van der Waals surface area contributed by atoms with Crippen molar-refractivity contribution in [1.82, 2.24) is 5.32 Å². The Morgan fingerprint density at radius 1 is 1.26 bits per heavy atom. The van der Waals surface area contributed by atoms with E-state index in [1.165, 1.54) is 17.7 Å². The number of ether oxygens (including phenoxy) is 3. The minimum atomic E-state index is -0.542. The van der Waals surface area contributed by atoms with E-state index in [1.54, 1.807) is 0 Å². The molecule has 172 valence electrons. The summed E-state index contributed by atoms with van der Waals surface area (Å²) in [6, 6.07) is 6.58. The van der Waals surface area contributed by atoms with Gasteiger partial charge in [-0.1, -0.05) is 30.7 Å². The molecule has 0 spiro atoms. The molecule has 6 heteroatoms. The molecule has 2 heterocycles. The average Bonchev–Trinajstić information content (AvgIpc) is 3.43. The van der Waals surface area contributed by atoms with Gasteiger partial charge in [0.2, 0.25) is 0 Å². The van der Waals surface area contributed by atoms with Crippen LogP contribution in [0.4, 0.5) is 9.18 Å². The van der Waals surface area contributed by atoms with Gasteiger partial charge in [0, 0.05) is 5.92 Å². The molecule has 2 unspecified atom stereocenters. The van der Waals surface area contributed by atoms with Crippen LogP contribution in [0.25, 0.3) is 0 Å². The number of rotatable bonds is 4. The molecule has 1 aromatic rings. The van der Waals surface area contributed by atoms with Gasteiger partial charge in [-0.2, -0.15) is 0 Å². The summed E-state index contributed by atoms with van der Waals surface area (Å²) in [5.41, 5.74) is 1.91. The van der Waals surface area contributed by atoms with Crippen molar-refractivity contribution in [3.05, 3.63) is 47.3 Å². The van der Waals surface area contributed by atoms with E-state index in [1.807, 2.05) is 32.9 Å². The molecule has 1 N–H and O–H groups in total. The number of fused-ring (bicyclic) bond motifs is 1. The van der Waals surface area contributed by atoms with Crippen LogP contribution < -0.4 is 5.32 Å². The van der Waals surface area contributed by atoms with E-state index in [2.05, 4.69) is 25.2 Å². The van der Waals surface area contributed by atoms with Gasteiger partial charge in [-0.25, -0.2) is 9.18 Å². The van der Waals surface area contributed by atoms with Crippen LogP contribution in [0.15, 0.2) is 35.9 Å². The number of allylic oxidation sites excluding steroid dienone is 1. The average molecular weight is 434 g/mol. The summed E-state index contributed by atoms with van der Waals surface area (Å²) >= 11 is 0. The van der Waals surface area contributed by atoms with Crippen molar-refractivity contribution in [2.45, 2.75) is 96.9 Å². The standard InChI is InChI=1S/C25H36FNO4/c1-6-8-18-9-7-10-21(27-24(28)31-25(3,4)5)22-23(30-22)29-16(2)20(18)15-17-11-13-19(26)14-12-17/h8,11-14,16,20-23H,6-7,9-10,15H2,1-5H3,(H,27,28)/b18-8+/t16-,20-,21-,22?,23?/m0/s1. The fraction of sp³-hybridized carbons (Fsp3) is 0.640. The van der Waals surface area contributed by atoms with Gasteiger partial charge in [0.25, 0.3) is 0 Å². The lowest BCUT2D eigenvalue weighted by Gasteiger charge is -2.29. The van der Waals surface area contributed by atoms with E-state index in [4.69, 9.17) is 14.2 Å². The molecule has 0 aliphatic carbocycles. The lowest BCUT2D eigenvalue weighted by Crippen LogP contribution is -2.43. The summed E-state index contributed by atoms with van der Waals surface area (Å²) in [6.45, 7) is 9.77. The van der Waals surface area contributed by atoms with Gasteiger partial charge in [-0.05, 0) is 77.5 Å². The highest BCUT2D eigenvalue weighted by Gasteiger charge is 2.48. The van der Waals surface area contributed by atoms with Crippen LogP contribution in [-0.4, -0.2) is 36.2 Å². The van der Waals surface area contributed by atoms with Gasteiger partial charge >= 0.3 is 6.09 Å². The monoisotopic (exact) mass is 433 g/mol. The van der Waals surface area contributed by atoms with E-state index < -0.39 is 11.7 Å². The molecule has 2 fully saturated rings. The summed E-state index contributed by atoms with van der Waals surface area (Å²) in [4.78, 5) is 12.3. The second-order valence-corrected chi connectivity index (χ2v) is 9.58. The van der Waals surface area contributed by atoms with Crippen LogP contribution in [0.1, 0.15) is 65.9 Å². The third-order valence-electron chi connectivity index (χ3n) is 5.79. The number of epoxide rings is 1. The molecular formula is C25H36FNO4. The second-order valence-electron chi connectivity index (χ2n) is 9.58. The smallest absolute Gasteiger partial charge is 0.407 e. The van der Waals surface area contributed by atoms with Crippen molar-refractivity contribution < 1.29 is 23.4 Å². The Kier molecular flexibility index (Phi) is 7.76. The molecule has 2 aliphatic heterocycles. The van der Waals surface area contributed by atoms with E-state index in [0.717, 1.165) is 37.7 Å². The number of hydrogen-bond donors (Lipinski definition) is 1. The molecule has 0 saturated carbocycles. The van der Waals surface area contributed by atoms with Crippen molar-refractivity contribution in [3.63, 3.8) is 0 Å². The number of hydrogen-bond acceptors (Lipinski definition) is 4. The predicted octanol–water partition coefficient (Wildman–Crippen LogP) is 5.53. The molecule has 0 aromatic heterocycles. The highest BCUT2D eigenvalue weighted by Crippen LogP contribution is 2.36. The molecule has 1 aromatic carbocycles. The molecule has 31 heavy (non-hydrogen) atoms. The third-order valence-corrected chi connectivity index (χ3v) is 5.79. The summed E-state index contributed by atoms with van der Waals surface area (Å²) in [5, 5.41) is 2.98. The van der Waals surface area contributed by atoms with Crippen molar-refractivity contribution >= 4 is 6.09 Å². The number of alkyl carbamates (subject to hydrolysis) is 1. The number of halogens is 1. The van der Waals surface area contributed by atoms with Crippen LogP contribution in [0.3, 0.4) is 0 Å². The number of amides is 1. The number of carbonyl (C=O) groups excluding carboxylic acids is 1. The molecule has 2 saturated heterocycles. The Morgan fingerprint density at radius 3 is 2.61 bits per heavy atom. The van der Waals surface area contributed by atoms with E-state index in [9.17, 15) is 9.18 Å². The minimum absolute atomic E-state index is 0.0573. The number of nitrogens with one attached hydrogen (secondary N) is 1. The fourth-order valence-corrected chi connectivity index (χ4v) is 4.29. The second kappa shape index (κ2) is 10.1. The Hall–Kier alpha value is -1.92. The third kappa shape index (κ3) is 7.04. The first-order valence-electron chi connectivity index (χ1n) is 11.4. The number of carbonyl (C=O) groups is 1. The highest BCUT2D eigenvalue weighted by molar-refractivity contribution is 5.68. The van der Waals surface area contributed by atoms with Gasteiger partial charge in [0.1, 0.15) is 17.5 Å². The maximum Gasteiger partial charge on any atom is 0.407 e. The topological polar surface area (TPSA) is 60.1 Å². The van der Waals surface area contributed by atoms with Crippen molar-refractivity contribution in [2.24, 2.45) is 5.92 Å². The summed E-state index contributed by atoms with van der Waals surface area (Å²) in [5.74, 6) is -0.0216. The number of benzene rings is 1. The first kappa shape index (κ1) is 23.7. The van der Waals surface area contributed by atoms with Crippen molar-refractivity contribution in [2.75, 3.05) is 0 Å². The van der Waals surface area contributed by atoms with Gasteiger partial charge in [0.05, 0.1) is 12.1 Å². The molecular weight excluding hydrogens is 397 g/mol. The molecule has 0 radical (unpaired) electrons. The van der Waals surface area contributed by atoms with Gasteiger partial charge in [-0.3, -0.25) is 0 Å². The highest BCUT2D eigenvalue weighted by atomic mass is 19.1. The Morgan fingerprint density at radius 2 is 1.97 bits per heavy atom. The molecule has 5 atom stereocenters. The molecule has 0 bridgehead atoms. The SMILES string of the molecule is CC/C=C1\CCC[C@H](NC(=O)OC(C)(C)C)C2OC2O[C@@H](C)[C@@H]1Cc1ccc(F)cc1. The van der Waals surface area contributed by atoms with E-state index in [0.29, 0.717) is 0 Å². The fourth-order valence-electron chi connectivity index (χ4n) is 4.29. The van der Waals surface area contributed by atoms with Crippen LogP contribution in [0.5, 0.6) is 0 Å². The maximum absolute atomic E-state index is 13.3.